The van der Waals surface area contributed by atoms with Crippen LogP contribution >= 0.6 is 11.3 Å². The maximum absolute atomic E-state index is 12.9. The lowest BCUT2D eigenvalue weighted by atomic mass is 10.1. The quantitative estimate of drug-likeness (QED) is 0.465. The third-order valence-electron chi connectivity index (χ3n) is 4.67. The number of rotatable bonds is 6. The van der Waals surface area contributed by atoms with Gasteiger partial charge in [-0.15, -0.1) is 21.5 Å². The van der Waals surface area contributed by atoms with E-state index in [-0.39, 0.29) is 18.6 Å². The Balaban J connectivity index is 1.30. The van der Waals surface area contributed by atoms with Crippen molar-refractivity contribution in [3.05, 3.63) is 77.2 Å². The van der Waals surface area contributed by atoms with Crippen molar-refractivity contribution in [3.63, 3.8) is 0 Å². The van der Waals surface area contributed by atoms with E-state index in [1.54, 1.807) is 41.9 Å². The fourth-order valence-electron chi connectivity index (χ4n) is 3.24. The first-order valence-electron chi connectivity index (χ1n) is 9.24. The fourth-order valence-corrected chi connectivity index (χ4v) is 4.05. The fraction of sp³-hybridized carbons (Fsp3) is 0.143. The number of furan rings is 1. The minimum atomic E-state index is -0.226. The average Bonchev–Trinajstić information content (AvgIpc) is 3.58. The first kappa shape index (κ1) is 18.3. The molecule has 4 heterocycles. The smallest absolute Gasteiger partial charge is 0.281 e. The highest BCUT2D eigenvalue weighted by Crippen LogP contribution is 2.35. The van der Waals surface area contributed by atoms with Crippen molar-refractivity contribution in [2.45, 2.75) is 12.5 Å². The second-order valence-electron chi connectivity index (χ2n) is 6.55. The molecule has 3 aromatic heterocycles. The summed E-state index contributed by atoms with van der Waals surface area (Å²) in [6.07, 6.45) is 3.47. The second-order valence-corrected chi connectivity index (χ2v) is 7.53. The van der Waals surface area contributed by atoms with E-state index in [2.05, 4.69) is 15.3 Å². The molecule has 150 valence electrons. The van der Waals surface area contributed by atoms with Gasteiger partial charge in [-0.1, -0.05) is 6.07 Å². The minimum Gasteiger partial charge on any atom is -0.484 e. The highest BCUT2D eigenvalue weighted by atomic mass is 32.1. The van der Waals surface area contributed by atoms with Crippen LogP contribution in [0.1, 0.15) is 23.1 Å². The van der Waals surface area contributed by atoms with Crippen molar-refractivity contribution < 1.29 is 18.4 Å². The molecule has 5 rings (SSSR count). The number of benzene rings is 1. The number of carbonyl (C=O) groups excluding carboxylic acids is 1. The van der Waals surface area contributed by atoms with Crippen LogP contribution in [0.3, 0.4) is 0 Å². The van der Waals surface area contributed by atoms with Gasteiger partial charge in [0, 0.05) is 16.9 Å². The predicted molar refractivity (Wildman–Crippen MR) is 109 cm³/mol. The monoisotopic (exact) mass is 420 g/mol. The van der Waals surface area contributed by atoms with Crippen LogP contribution in [0, 0.1) is 0 Å². The number of hydrogen-bond donors (Lipinski definition) is 0. The molecule has 0 saturated heterocycles. The van der Waals surface area contributed by atoms with Gasteiger partial charge in [0.1, 0.15) is 17.2 Å². The van der Waals surface area contributed by atoms with E-state index in [0.29, 0.717) is 23.8 Å². The normalized spacial score (nSPS) is 15.9. The molecule has 1 aromatic carbocycles. The Labute approximate surface area is 175 Å². The molecule has 1 amide bonds. The zero-order valence-electron chi connectivity index (χ0n) is 15.7. The number of ether oxygens (including phenoxy) is 1. The van der Waals surface area contributed by atoms with Crippen molar-refractivity contribution in [1.29, 1.82) is 0 Å². The standard InChI is InChI=1S/C21H16N4O4S/c26-20(12-28-15-7-5-14(6-8-15)21-23-22-13-29-21)25-17(19-4-2-10-30-19)11-16(24-25)18-3-1-9-27-18/h1-10,13,17H,11-12H2/t17-/m1/s1. The van der Waals surface area contributed by atoms with Crippen LogP contribution < -0.4 is 4.74 Å². The largest absolute Gasteiger partial charge is 0.484 e. The molecule has 0 spiro atoms. The second kappa shape index (κ2) is 7.96. The molecule has 0 N–H and O–H groups in total. The van der Waals surface area contributed by atoms with Gasteiger partial charge in [0.2, 0.25) is 12.3 Å². The van der Waals surface area contributed by atoms with E-state index in [9.17, 15) is 4.79 Å². The average molecular weight is 420 g/mol. The molecular weight excluding hydrogens is 404 g/mol. The summed E-state index contributed by atoms with van der Waals surface area (Å²) in [4.78, 5) is 14.0. The van der Waals surface area contributed by atoms with Crippen LogP contribution in [0.4, 0.5) is 0 Å². The van der Waals surface area contributed by atoms with Crippen LogP contribution in [0.5, 0.6) is 5.75 Å². The van der Waals surface area contributed by atoms with Gasteiger partial charge >= 0.3 is 0 Å². The van der Waals surface area contributed by atoms with E-state index in [1.807, 2.05) is 29.6 Å². The minimum absolute atomic E-state index is 0.128. The van der Waals surface area contributed by atoms with Gasteiger partial charge in [-0.2, -0.15) is 5.10 Å². The van der Waals surface area contributed by atoms with Gasteiger partial charge < -0.3 is 13.6 Å². The summed E-state index contributed by atoms with van der Waals surface area (Å²) in [5.41, 5.74) is 1.52. The zero-order chi connectivity index (χ0) is 20.3. The number of hydrazone groups is 1. The molecule has 0 aliphatic carbocycles. The van der Waals surface area contributed by atoms with Gasteiger partial charge in [0.15, 0.2) is 6.61 Å². The van der Waals surface area contributed by atoms with Crippen LogP contribution in [0.2, 0.25) is 0 Å². The maximum atomic E-state index is 12.9. The Morgan fingerprint density at radius 1 is 1.17 bits per heavy atom. The van der Waals surface area contributed by atoms with Gasteiger partial charge in [-0.25, -0.2) is 5.01 Å². The highest BCUT2D eigenvalue weighted by molar-refractivity contribution is 7.10. The van der Waals surface area contributed by atoms with Crippen LogP contribution in [-0.4, -0.2) is 33.4 Å². The third kappa shape index (κ3) is 3.62. The Bertz CT molecular complexity index is 1140. The van der Waals surface area contributed by atoms with Crippen molar-refractivity contribution in [2.75, 3.05) is 6.61 Å². The molecule has 1 aliphatic heterocycles. The van der Waals surface area contributed by atoms with E-state index in [4.69, 9.17) is 13.6 Å². The van der Waals surface area contributed by atoms with Crippen LogP contribution in [0.15, 0.2) is 80.5 Å². The van der Waals surface area contributed by atoms with E-state index < -0.39 is 0 Å². The summed E-state index contributed by atoms with van der Waals surface area (Å²) in [6, 6.07) is 14.6. The molecule has 1 atom stereocenters. The Hall–Kier alpha value is -3.72. The first-order valence-corrected chi connectivity index (χ1v) is 10.1. The lowest BCUT2D eigenvalue weighted by Crippen LogP contribution is -2.31. The van der Waals surface area contributed by atoms with Gasteiger partial charge in [-0.05, 0) is 47.8 Å². The molecule has 9 heteroatoms. The SMILES string of the molecule is O=C(COc1ccc(-c2nnco2)cc1)N1N=C(c2ccco2)C[C@@H]1c1cccs1. The molecule has 0 fully saturated rings. The van der Waals surface area contributed by atoms with Crippen molar-refractivity contribution in [2.24, 2.45) is 5.10 Å². The maximum Gasteiger partial charge on any atom is 0.281 e. The number of thiophene rings is 1. The van der Waals surface area contributed by atoms with E-state index in [1.165, 1.54) is 11.4 Å². The van der Waals surface area contributed by atoms with Crippen molar-refractivity contribution in [3.8, 4) is 17.2 Å². The summed E-state index contributed by atoms with van der Waals surface area (Å²) >= 11 is 1.60. The lowest BCUT2D eigenvalue weighted by Gasteiger charge is -2.20. The van der Waals surface area contributed by atoms with Crippen LogP contribution in [-0.2, 0) is 4.79 Å². The number of hydrogen-bond acceptors (Lipinski definition) is 8. The van der Waals surface area contributed by atoms with E-state index >= 15 is 0 Å². The third-order valence-corrected chi connectivity index (χ3v) is 5.64. The Kier molecular flexibility index (Phi) is 4.86. The summed E-state index contributed by atoms with van der Waals surface area (Å²) < 4.78 is 16.3. The first-order chi connectivity index (χ1) is 14.8. The molecule has 4 aromatic rings. The van der Waals surface area contributed by atoms with Gasteiger partial charge in [0.05, 0.1) is 12.3 Å². The molecule has 1 aliphatic rings. The summed E-state index contributed by atoms with van der Waals surface area (Å²) in [5.74, 6) is 1.43. The van der Waals surface area contributed by atoms with Crippen molar-refractivity contribution in [1.82, 2.24) is 15.2 Å². The number of carbonyl (C=O) groups is 1. The Morgan fingerprint density at radius 2 is 2.07 bits per heavy atom. The van der Waals surface area contributed by atoms with Crippen LogP contribution in [0.25, 0.3) is 11.5 Å². The van der Waals surface area contributed by atoms with E-state index in [0.717, 1.165) is 16.2 Å². The molecule has 30 heavy (non-hydrogen) atoms. The topological polar surface area (TPSA) is 94.0 Å². The molecule has 0 bridgehead atoms. The number of nitrogens with zero attached hydrogens (tertiary/aromatic N) is 4. The summed E-state index contributed by atoms with van der Waals surface area (Å²) in [7, 11) is 0. The predicted octanol–water partition coefficient (Wildman–Crippen LogP) is 4.15. The molecule has 0 saturated carbocycles. The van der Waals surface area contributed by atoms with Gasteiger partial charge in [0.25, 0.3) is 5.91 Å². The Morgan fingerprint density at radius 3 is 2.77 bits per heavy atom. The lowest BCUT2D eigenvalue weighted by molar-refractivity contribution is -0.135. The molecular formula is C21H16N4O4S. The number of amides is 1. The molecule has 0 radical (unpaired) electrons. The highest BCUT2D eigenvalue weighted by Gasteiger charge is 2.34. The van der Waals surface area contributed by atoms with Crippen molar-refractivity contribution >= 4 is 23.0 Å². The summed E-state index contributed by atoms with van der Waals surface area (Å²) in [5, 5.41) is 15.5. The summed E-state index contributed by atoms with van der Waals surface area (Å²) in [6.45, 7) is -0.128. The molecule has 8 nitrogen and oxygen atoms in total. The molecule has 0 unspecified atom stereocenters. The zero-order valence-corrected chi connectivity index (χ0v) is 16.5. The number of aromatic nitrogens is 2. The van der Waals surface area contributed by atoms with Gasteiger partial charge in [-0.3, -0.25) is 4.79 Å².